The number of fused-ring (bicyclic) bond motifs is 4. The molecule has 0 unspecified atom stereocenters. The predicted octanol–water partition coefficient (Wildman–Crippen LogP) is 7.07. The summed E-state index contributed by atoms with van der Waals surface area (Å²) in [6.45, 7) is 5.70. The Morgan fingerprint density at radius 1 is 1.12 bits per heavy atom. The fraction of sp³-hybridized carbons (Fsp3) is 0.226. The summed E-state index contributed by atoms with van der Waals surface area (Å²) < 4.78 is 5.29. The molecule has 220 valence electrons. The van der Waals surface area contributed by atoms with Gasteiger partial charge in [0.15, 0.2) is 5.13 Å². The second kappa shape index (κ2) is 10.9. The Kier molecular flexibility index (Phi) is 7.23. The number of aromatic hydroxyl groups is 1. The molecule has 10 nitrogen and oxygen atoms in total. The second-order valence-electron chi connectivity index (χ2n) is 11.2. The molecule has 5 aromatic rings. The number of aromatic amines is 1. The maximum atomic E-state index is 13.6. The smallest absolute Gasteiger partial charge is 0.412 e. The van der Waals surface area contributed by atoms with E-state index in [1.807, 2.05) is 24.3 Å². The quantitative estimate of drug-likeness (QED) is 0.156. The zero-order valence-corrected chi connectivity index (χ0v) is 25.1. The molecule has 0 spiro atoms. The summed E-state index contributed by atoms with van der Waals surface area (Å²) in [5, 5.41) is 20.2. The number of hydrogen-bond donors (Lipinski definition) is 4. The van der Waals surface area contributed by atoms with Crippen LogP contribution in [0.25, 0.3) is 21.7 Å². The molecule has 3 heterocycles. The Morgan fingerprint density at radius 3 is 2.63 bits per heavy atom. The number of carbonyl (C=O) groups is 3. The normalized spacial score (nSPS) is 14.6. The maximum absolute atomic E-state index is 13.6. The predicted molar refractivity (Wildman–Crippen MR) is 169 cm³/mol. The summed E-state index contributed by atoms with van der Waals surface area (Å²) in [6, 6.07) is 15.9. The molecule has 6 rings (SSSR count). The molecular formula is C31H28ClN5O5S. The van der Waals surface area contributed by atoms with Crippen LogP contribution in [0.3, 0.4) is 0 Å². The number of phenols is 1. The van der Waals surface area contributed by atoms with E-state index in [4.69, 9.17) is 16.3 Å². The number of hydrogen-bond acceptors (Lipinski definition) is 7. The number of thiazole rings is 1. The minimum absolute atomic E-state index is 0.0830. The number of nitrogens with one attached hydrogen (secondary N) is 3. The molecule has 1 aliphatic rings. The van der Waals surface area contributed by atoms with E-state index in [0.29, 0.717) is 40.1 Å². The number of amides is 3. The van der Waals surface area contributed by atoms with Crippen LogP contribution in [0.5, 0.6) is 5.75 Å². The molecule has 0 bridgehead atoms. The zero-order valence-electron chi connectivity index (χ0n) is 23.5. The van der Waals surface area contributed by atoms with Gasteiger partial charge in [-0.3, -0.25) is 20.2 Å². The highest BCUT2D eigenvalue weighted by Crippen LogP contribution is 2.45. The van der Waals surface area contributed by atoms with Crippen LogP contribution in [0.15, 0.2) is 60.0 Å². The molecular weight excluding hydrogens is 590 g/mol. The number of aromatic nitrogens is 2. The van der Waals surface area contributed by atoms with Crippen LogP contribution >= 0.6 is 22.9 Å². The summed E-state index contributed by atoms with van der Waals surface area (Å²) in [5.74, 6) is -0.495. The van der Waals surface area contributed by atoms with Gasteiger partial charge in [0.25, 0.3) is 11.8 Å². The van der Waals surface area contributed by atoms with Crippen molar-refractivity contribution in [2.24, 2.45) is 0 Å². The van der Waals surface area contributed by atoms with Crippen molar-refractivity contribution in [3.63, 3.8) is 0 Å². The van der Waals surface area contributed by atoms with Crippen LogP contribution < -0.4 is 15.5 Å². The number of phenolic OH excluding ortho intramolecular Hbond substituents is 1. The fourth-order valence-electron chi connectivity index (χ4n) is 5.23. The first-order valence-electron chi connectivity index (χ1n) is 13.5. The lowest BCUT2D eigenvalue weighted by atomic mass is 9.95. The number of carbonyl (C=O) groups excluding carboxylic acids is 3. The molecule has 4 N–H and O–H groups in total. The van der Waals surface area contributed by atoms with Crippen LogP contribution in [0, 0.1) is 0 Å². The van der Waals surface area contributed by atoms with E-state index in [1.165, 1.54) is 0 Å². The number of halogens is 1. The van der Waals surface area contributed by atoms with Crippen LogP contribution in [0.1, 0.15) is 53.2 Å². The van der Waals surface area contributed by atoms with Crippen molar-refractivity contribution in [2.45, 2.75) is 32.3 Å². The molecule has 1 atom stereocenters. The first kappa shape index (κ1) is 28.5. The highest BCUT2D eigenvalue weighted by atomic mass is 35.5. The average molecular weight is 618 g/mol. The lowest BCUT2D eigenvalue weighted by Crippen LogP contribution is -2.30. The Morgan fingerprint density at radius 2 is 1.88 bits per heavy atom. The zero-order chi connectivity index (χ0) is 30.5. The Labute approximate surface area is 255 Å². The summed E-state index contributed by atoms with van der Waals surface area (Å²) >= 11 is 7.44. The molecule has 0 fully saturated rings. The molecule has 0 saturated heterocycles. The first-order valence-corrected chi connectivity index (χ1v) is 14.9. The molecule has 3 amide bonds. The van der Waals surface area contributed by atoms with Gasteiger partial charge in [-0.05, 0) is 56.0 Å². The topological polar surface area (TPSA) is 137 Å². The lowest BCUT2D eigenvalue weighted by molar-refractivity contribution is 0.0635. The van der Waals surface area contributed by atoms with Gasteiger partial charge in [0.05, 0.1) is 5.69 Å². The van der Waals surface area contributed by atoms with Crippen molar-refractivity contribution in [1.29, 1.82) is 0 Å². The lowest BCUT2D eigenvalue weighted by Gasteiger charge is -2.19. The third-order valence-corrected chi connectivity index (χ3v) is 8.16. The van der Waals surface area contributed by atoms with Crippen molar-refractivity contribution >= 4 is 79.0 Å². The molecule has 0 aliphatic carbocycles. The van der Waals surface area contributed by atoms with Gasteiger partial charge in [0.1, 0.15) is 22.7 Å². The Balaban J connectivity index is 1.18. The second-order valence-corrected chi connectivity index (χ2v) is 12.4. The SMILES string of the molecule is CC(C)(C)OC(=O)Nc1ccc2[nH]c(C(=O)Nc3nc(C(=O)N4C[C@@H](CCl)c5c4cc(O)c4ccccc54)cs3)cc2c1. The summed E-state index contributed by atoms with van der Waals surface area (Å²) in [7, 11) is 0. The van der Waals surface area contributed by atoms with Gasteiger partial charge < -0.3 is 19.7 Å². The first-order chi connectivity index (χ1) is 20.5. The minimum atomic E-state index is -0.628. The number of alkyl halides is 1. The van der Waals surface area contributed by atoms with Gasteiger partial charge in [-0.25, -0.2) is 9.78 Å². The molecule has 3 aromatic carbocycles. The molecule has 2 aromatic heterocycles. The van der Waals surface area contributed by atoms with E-state index in [9.17, 15) is 19.5 Å². The number of benzene rings is 3. The van der Waals surface area contributed by atoms with E-state index in [2.05, 4.69) is 20.6 Å². The Hall–Kier alpha value is -4.61. The largest absolute Gasteiger partial charge is 0.507 e. The minimum Gasteiger partial charge on any atom is -0.507 e. The van der Waals surface area contributed by atoms with Crippen molar-refractivity contribution in [3.05, 3.63) is 76.9 Å². The molecule has 43 heavy (non-hydrogen) atoms. The molecule has 12 heteroatoms. The molecule has 0 saturated carbocycles. The number of H-pyrrole nitrogens is 1. The van der Waals surface area contributed by atoms with E-state index in [-0.39, 0.29) is 34.1 Å². The van der Waals surface area contributed by atoms with E-state index >= 15 is 0 Å². The van der Waals surface area contributed by atoms with Crippen LogP contribution in [-0.2, 0) is 4.74 Å². The van der Waals surface area contributed by atoms with E-state index < -0.39 is 17.6 Å². The highest BCUT2D eigenvalue weighted by Gasteiger charge is 2.35. The van der Waals surface area contributed by atoms with Gasteiger partial charge in [-0.15, -0.1) is 22.9 Å². The highest BCUT2D eigenvalue weighted by molar-refractivity contribution is 7.14. The fourth-order valence-corrected chi connectivity index (χ4v) is 6.16. The number of rotatable bonds is 5. The monoisotopic (exact) mass is 617 g/mol. The van der Waals surface area contributed by atoms with Crippen LogP contribution in [0.2, 0.25) is 0 Å². The standard InChI is InChI=1S/C31H28ClN5O5S/c1-31(2,3)42-30(41)33-18-8-9-21-16(10-18)11-22(34-21)27(39)36-29-35-23(15-43-29)28(40)37-14-17(13-32)26-20-7-5-4-6-19(20)25(38)12-24(26)37/h4-12,15,17,34,38H,13-14H2,1-3H3,(H,33,41)(H,35,36,39)/t17-/m1/s1. The van der Waals surface area contributed by atoms with Crippen molar-refractivity contribution in [3.8, 4) is 5.75 Å². The van der Waals surface area contributed by atoms with E-state index in [0.717, 1.165) is 22.3 Å². The van der Waals surface area contributed by atoms with Crippen LogP contribution in [0.4, 0.5) is 21.3 Å². The van der Waals surface area contributed by atoms with Gasteiger partial charge in [-0.2, -0.15) is 0 Å². The van der Waals surface area contributed by atoms with Gasteiger partial charge in [0.2, 0.25) is 0 Å². The number of anilines is 3. The average Bonchev–Trinajstić information content (AvgIpc) is 3.68. The Bertz CT molecular complexity index is 1910. The van der Waals surface area contributed by atoms with Gasteiger partial charge >= 0.3 is 6.09 Å². The van der Waals surface area contributed by atoms with Gasteiger partial charge in [-0.1, -0.05) is 24.3 Å². The third-order valence-electron chi connectivity index (χ3n) is 7.03. The third kappa shape index (κ3) is 5.61. The van der Waals surface area contributed by atoms with E-state index in [1.54, 1.807) is 61.4 Å². The number of ether oxygens (including phenoxy) is 1. The van der Waals surface area contributed by atoms with Crippen molar-refractivity contribution in [1.82, 2.24) is 9.97 Å². The molecule has 0 radical (unpaired) electrons. The maximum Gasteiger partial charge on any atom is 0.412 e. The molecule has 1 aliphatic heterocycles. The van der Waals surface area contributed by atoms with Crippen molar-refractivity contribution in [2.75, 3.05) is 28.0 Å². The summed E-state index contributed by atoms with van der Waals surface area (Å²) in [5.41, 5.74) is 2.57. The summed E-state index contributed by atoms with van der Waals surface area (Å²) in [6.07, 6.45) is -0.574. The summed E-state index contributed by atoms with van der Waals surface area (Å²) in [4.78, 5) is 47.8. The van der Waals surface area contributed by atoms with Gasteiger partial charge in [0, 0.05) is 51.8 Å². The van der Waals surface area contributed by atoms with Crippen LogP contribution in [-0.4, -0.2) is 51.0 Å². The van der Waals surface area contributed by atoms with Crippen molar-refractivity contribution < 1.29 is 24.2 Å². The number of nitrogens with zero attached hydrogens (tertiary/aromatic N) is 2.